The number of amides is 1. The molecule has 1 unspecified atom stereocenters. The van der Waals surface area contributed by atoms with Gasteiger partial charge in [-0.25, -0.2) is 4.79 Å². The van der Waals surface area contributed by atoms with Crippen LogP contribution in [0.3, 0.4) is 0 Å². The van der Waals surface area contributed by atoms with Gasteiger partial charge in [-0.3, -0.25) is 4.79 Å². The van der Waals surface area contributed by atoms with Gasteiger partial charge in [-0.2, -0.15) is 0 Å². The summed E-state index contributed by atoms with van der Waals surface area (Å²) < 4.78 is 5.43. The van der Waals surface area contributed by atoms with Gasteiger partial charge >= 0.3 is 6.09 Å². The third kappa shape index (κ3) is 2.95. The molecule has 102 valence electrons. The lowest BCUT2D eigenvalue weighted by atomic mass is 9.74. The molecular formula is C15H19NO3. The first-order valence-electron chi connectivity index (χ1n) is 6.58. The fraction of sp³-hybridized carbons (Fsp3) is 0.467. The Labute approximate surface area is 112 Å². The first kappa shape index (κ1) is 13.6. The zero-order valence-corrected chi connectivity index (χ0v) is 11.1. The molecule has 1 aliphatic carbocycles. The van der Waals surface area contributed by atoms with Crippen LogP contribution in [0.2, 0.25) is 0 Å². The number of hydrogen-bond acceptors (Lipinski definition) is 3. The first-order valence-corrected chi connectivity index (χ1v) is 6.58. The van der Waals surface area contributed by atoms with E-state index in [0.29, 0.717) is 12.8 Å². The lowest BCUT2D eigenvalue weighted by Crippen LogP contribution is -2.40. The van der Waals surface area contributed by atoms with Crippen molar-refractivity contribution in [2.45, 2.75) is 38.2 Å². The van der Waals surface area contributed by atoms with Crippen molar-refractivity contribution in [2.75, 3.05) is 0 Å². The SMILES string of the molecule is CC(OC(N)=O)(c1ccccc1)C1CCC(=O)CC1. The van der Waals surface area contributed by atoms with Crippen molar-refractivity contribution in [3.8, 4) is 0 Å². The second-order valence-corrected chi connectivity index (χ2v) is 5.21. The Bertz CT molecular complexity index is 462. The van der Waals surface area contributed by atoms with Gasteiger partial charge in [0.1, 0.15) is 11.4 Å². The van der Waals surface area contributed by atoms with Crippen molar-refractivity contribution in [2.24, 2.45) is 11.7 Å². The number of benzene rings is 1. The summed E-state index contributed by atoms with van der Waals surface area (Å²) in [5.74, 6) is 0.408. The summed E-state index contributed by atoms with van der Waals surface area (Å²) in [6.45, 7) is 1.88. The standard InChI is InChI=1S/C15H19NO3/c1-15(19-14(16)18,11-5-3-2-4-6-11)12-7-9-13(17)10-8-12/h2-6,12H,7-10H2,1H3,(H2,16,18). The molecular weight excluding hydrogens is 242 g/mol. The molecule has 19 heavy (non-hydrogen) atoms. The molecule has 0 aromatic heterocycles. The lowest BCUT2D eigenvalue weighted by Gasteiger charge is -2.38. The highest BCUT2D eigenvalue weighted by Crippen LogP contribution is 2.41. The molecule has 4 nitrogen and oxygen atoms in total. The quantitative estimate of drug-likeness (QED) is 0.909. The normalized spacial score (nSPS) is 19.7. The third-order valence-electron chi connectivity index (χ3n) is 3.98. The number of Topliss-reactive ketones (excluding diaryl/α,β-unsaturated/α-hetero) is 1. The van der Waals surface area contributed by atoms with Crippen LogP contribution >= 0.6 is 0 Å². The van der Waals surface area contributed by atoms with Gasteiger partial charge in [0.15, 0.2) is 0 Å². The highest BCUT2D eigenvalue weighted by Gasteiger charge is 2.40. The summed E-state index contributed by atoms with van der Waals surface area (Å²) in [5, 5.41) is 0. The van der Waals surface area contributed by atoms with E-state index >= 15 is 0 Å². The van der Waals surface area contributed by atoms with Gasteiger partial charge in [-0.05, 0) is 25.3 Å². The number of ether oxygens (including phenoxy) is 1. The van der Waals surface area contributed by atoms with Crippen LogP contribution < -0.4 is 5.73 Å². The van der Waals surface area contributed by atoms with Crippen molar-refractivity contribution < 1.29 is 14.3 Å². The Morgan fingerprint density at radius 2 is 1.84 bits per heavy atom. The van der Waals surface area contributed by atoms with Crippen molar-refractivity contribution in [3.63, 3.8) is 0 Å². The number of rotatable bonds is 3. The predicted molar refractivity (Wildman–Crippen MR) is 71.4 cm³/mol. The summed E-state index contributed by atoms with van der Waals surface area (Å²) in [6.07, 6.45) is 1.79. The number of nitrogens with two attached hydrogens (primary N) is 1. The molecule has 0 heterocycles. The number of primary amides is 1. The molecule has 0 saturated heterocycles. The summed E-state index contributed by atoms with van der Waals surface area (Å²) >= 11 is 0. The van der Waals surface area contributed by atoms with Crippen LogP contribution in [0.1, 0.15) is 38.2 Å². The topological polar surface area (TPSA) is 69.4 Å². The summed E-state index contributed by atoms with van der Waals surface area (Å²) in [6, 6.07) is 9.59. The third-order valence-corrected chi connectivity index (χ3v) is 3.98. The molecule has 0 spiro atoms. The van der Waals surface area contributed by atoms with E-state index in [4.69, 9.17) is 10.5 Å². The van der Waals surface area contributed by atoms with Gasteiger partial charge in [-0.15, -0.1) is 0 Å². The van der Waals surface area contributed by atoms with Crippen molar-refractivity contribution in [1.82, 2.24) is 0 Å². The minimum atomic E-state index is -0.775. The zero-order chi connectivity index (χ0) is 13.9. The summed E-state index contributed by atoms with van der Waals surface area (Å²) in [4.78, 5) is 22.6. The van der Waals surface area contributed by atoms with Crippen LogP contribution in [0, 0.1) is 5.92 Å². The van der Waals surface area contributed by atoms with Crippen LogP contribution in [0.25, 0.3) is 0 Å². The van der Waals surface area contributed by atoms with E-state index in [0.717, 1.165) is 18.4 Å². The van der Waals surface area contributed by atoms with Crippen LogP contribution in [0.5, 0.6) is 0 Å². The van der Waals surface area contributed by atoms with Gasteiger partial charge < -0.3 is 10.5 Å². The molecule has 1 aromatic rings. The van der Waals surface area contributed by atoms with E-state index in [-0.39, 0.29) is 11.7 Å². The van der Waals surface area contributed by atoms with Crippen LogP contribution in [0.15, 0.2) is 30.3 Å². The van der Waals surface area contributed by atoms with Gasteiger partial charge in [0, 0.05) is 18.8 Å². The van der Waals surface area contributed by atoms with Crippen molar-refractivity contribution in [1.29, 1.82) is 0 Å². The molecule has 2 rings (SSSR count). The van der Waals surface area contributed by atoms with E-state index in [1.165, 1.54) is 0 Å². The molecule has 2 N–H and O–H groups in total. The molecule has 1 saturated carbocycles. The van der Waals surface area contributed by atoms with E-state index in [2.05, 4.69) is 0 Å². The van der Waals surface area contributed by atoms with E-state index in [1.807, 2.05) is 37.3 Å². The predicted octanol–water partition coefficient (Wildman–Crippen LogP) is 2.76. The van der Waals surface area contributed by atoms with Gasteiger partial charge in [-0.1, -0.05) is 30.3 Å². The monoisotopic (exact) mass is 261 g/mol. The minimum absolute atomic E-state index is 0.125. The fourth-order valence-corrected chi connectivity index (χ4v) is 2.85. The summed E-state index contributed by atoms with van der Waals surface area (Å²) in [7, 11) is 0. The van der Waals surface area contributed by atoms with Gasteiger partial charge in [0.25, 0.3) is 0 Å². The Balaban J connectivity index is 2.29. The maximum atomic E-state index is 11.4. The van der Waals surface area contributed by atoms with E-state index in [9.17, 15) is 9.59 Å². The highest BCUT2D eigenvalue weighted by atomic mass is 16.6. The minimum Gasteiger partial charge on any atom is -0.438 e. The van der Waals surface area contributed by atoms with Crippen LogP contribution in [0.4, 0.5) is 4.79 Å². The smallest absolute Gasteiger partial charge is 0.405 e. The Hall–Kier alpha value is -1.84. The maximum Gasteiger partial charge on any atom is 0.405 e. The molecule has 1 atom stereocenters. The molecule has 1 fully saturated rings. The Kier molecular flexibility index (Phi) is 3.88. The molecule has 1 aliphatic rings. The molecule has 0 aliphatic heterocycles. The number of carbonyl (C=O) groups excluding carboxylic acids is 2. The number of hydrogen-bond donors (Lipinski definition) is 1. The van der Waals surface area contributed by atoms with Gasteiger partial charge in [0.05, 0.1) is 0 Å². The van der Waals surface area contributed by atoms with E-state index in [1.54, 1.807) is 0 Å². The maximum absolute atomic E-state index is 11.4. The second-order valence-electron chi connectivity index (χ2n) is 5.21. The average molecular weight is 261 g/mol. The molecule has 1 aromatic carbocycles. The van der Waals surface area contributed by atoms with Crippen LogP contribution in [-0.4, -0.2) is 11.9 Å². The summed E-state index contributed by atoms with van der Waals surface area (Å²) in [5.41, 5.74) is 5.39. The number of ketones is 1. The molecule has 0 bridgehead atoms. The highest BCUT2D eigenvalue weighted by molar-refractivity contribution is 5.79. The Morgan fingerprint density at radius 3 is 2.37 bits per heavy atom. The zero-order valence-electron chi connectivity index (χ0n) is 11.1. The Morgan fingerprint density at radius 1 is 1.26 bits per heavy atom. The average Bonchev–Trinajstić information content (AvgIpc) is 2.39. The fourth-order valence-electron chi connectivity index (χ4n) is 2.85. The van der Waals surface area contributed by atoms with Gasteiger partial charge in [0.2, 0.25) is 0 Å². The largest absolute Gasteiger partial charge is 0.438 e. The lowest BCUT2D eigenvalue weighted by molar-refractivity contribution is -0.123. The van der Waals surface area contributed by atoms with Crippen molar-refractivity contribution >= 4 is 11.9 Å². The van der Waals surface area contributed by atoms with Crippen LogP contribution in [-0.2, 0) is 15.1 Å². The first-order chi connectivity index (χ1) is 9.02. The van der Waals surface area contributed by atoms with Crippen molar-refractivity contribution in [3.05, 3.63) is 35.9 Å². The molecule has 0 radical (unpaired) electrons. The molecule has 1 amide bonds. The second kappa shape index (κ2) is 5.43. The van der Waals surface area contributed by atoms with E-state index < -0.39 is 11.7 Å². The molecule has 4 heteroatoms. The number of carbonyl (C=O) groups is 2.